The average Bonchev–Trinajstić information content (AvgIpc) is 3.31. The predicted octanol–water partition coefficient (Wildman–Crippen LogP) is 1.04. The number of nitrogens with one attached hydrogen (secondary N) is 3. The molecule has 0 bridgehead atoms. The fourth-order valence-electron chi connectivity index (χ4n) is 4.36. The topological polar surface area (TPSA) is 171 Å². The highest BCUT2D eigenvalue weighted by Crippen LogP contribution is 2.20. The normalized spacial score (nSPS) is 12.6. The van der Waals surface area contributed by atoms with E-state index in [1.165, 1.54) is 18.9 Å². The number of carboxylic acid groups (broad SMARTS) is 2. The molecule has 2 amide bonds. The standard InChI is InChI=1S/C29H45N5O8/c1-21(29(39)40)33(3)27(36)11-14-41-16-17-42-15-12-31-19-23(8-9-28(37)38)32-26(35)10-13-34-24(20-30-2)18-22-6-4-5-7-25(22)34/h4-7,18,21,23,30-31H,8-17,19-20H2,1-3H3,(H,32,35)(H,37,38)(H,39,40). The van der Waals surface area contributed by atoms with Crippen molar-refractivity contribution in [1.29, 1.82) is 0 Å². The first-order valence-electron chi connectivity index (χ1n) is 14.2. The van der Waals surface area contributed by atoms with Crippen molar-refractivity contribution < 1.29 is 38.9 Å². The third-order valence-corrected chi connectivity index (χ3v) is 6.87. The number of benzene rings is 1. The molecule has 42 heavy (non-hydrogen) atoms. The van der Waals surface area contributed by atoms with Gasteiger partial charge in [0.05, 0.1) is 32.8 Å². The van der Waals surface area contributed by atoms with Gasteiger partial charge in [0.15, 0.2) is 0 Å². The van der Waals surface area contributed by atoms with E-state index in [1.54, 1.807) is 0 Å². The summed E-state index contributed by atoms with van der Waals surface area (Å²) in [5.41, 5.74) is 2.16. The number of ether oxygens (including phenoxy) is 2. The highest BCUT2D eigenvalue weighted by molar-refractivity contribution is 5.83. The van der Waals surface area contributed by atoms with Gasteiger partial charge in [0.2, 0.25) is 11.8 Å². The molecule has 13 nitrogen and oxygen atoms in total. The highest BCUT2D eigenvalue weighted by Gasteiger charge is 2.21. The maximum Gasteiger partial charge on any atom is 0.326 e. The molecule has 0 saturated carbocycles. The van der Waals surface area contributed by atoms with Gasteiger partial charge in [-0.05, 0) is 37.9 Å². The van der Waals surface area contributed by atoms with Gasteiger partial charge in [-0.3, -0.25) is 14.4 Å². The number of para-hydroxylation sites is 1. The van der Waals surface area contributed by atoms with Crippen molar-refractivity contribution in [3.8, 4) is 0 Å². The maximum atomic E-state index is 12.8. The molecule has 13 heteroatoms. The number of amides is 2. The molecule has 2 atom stereocenters. The Morgan fingerprint density at radius 1 is 1.00 bits per heavy atom. The van der Waals surface area contributed by atoms with E-state index < -0.39 is 18.0 Å². The minimum atomic E-state index is -1.06. The quantitative estimate of drug-likeness (QED) is 0.125. The van der Waals surface area contributed by atoms with E-state index in [0.29, 0.717) is 45.8 Å². The monoisotopic (exact) mass is 591 g/mol. The van der Waals surface area contributed by atoms with Crippen molar-refractivity contribution in [2.75, 3.05) is 53.6 Å². The Balaban J connectivity index is 1.67. The summed E-state index contributed by atoms with van der Waals surface area (Å²) >= 11 is 0. The van der Waals surface area contributed by atoms with Crippen LogP contribution in [0.1, 0.15) is 38.3 Å². The van der Waals surface area contributed by atoms with Crippen molar-refractivity contribution >= 4 is 34.7 Å². The summed E-state index contributed by atoms with van der Waals surface area (Å²) < 4.78 is 13.0. The Kier molecular flexibility index (Phi) is 15.5. The highest BCUT2D eigenvalue weighted by atomic mass is 16.5. The molecule has 0 spiro atoms. The van der Waals surface area contributed by atoms with Crippen LogP contribution in [0.25, 0.3) is 10.9 Å². The number of carboxylic acids is 2. The summed E-state index contributed by atoms with van der Waals surface area (Å²) in [5.74, 6) is -2.44. The third kappa shape index (κ3) is 12.1. The summed E-state index contributed by atoms with van der Waals surface area (Å²) in [6.45, 7) is 4.70. The molecular formula is C29H45N5O8. The van der Waals surface area contributed by atoms with Crippen LogP contribution in [0.3, 0.4) is 0 Å². The Bertz CT molecular complexity index is 1150. The molecular weight excluding hydrogens is 546 g/mol. The first-order chi connectivity index (χ1) is 20.1. The van der Waals surface area contributed by atoms with E-state index in [1.807, 2.05) is 31.3 Å². The number of aryl methyl sites for hydroxylation is 1. The van der Waals surface area contributed by atoms with Gasteiger partial charge in [-0.1, -0.05) is 18.2 Å². The number of aromatic nitrogens is 1. The second-order valence-electron chi connectivity index (χ2n) is 10.0. The SMILES string of the molecule is CNCc1cc2ccccc2n1CCC(=O)NC(CCC(=O)O)CNCCOCCOCCC(=O)N(C)C(C)C(=O)O. The molecule has 1 aromatic heterocycles. The van der Waals surface area contributed by atoms with Gasteiger partial charge in [-0.2, -0.15) is 0 Å². The van der Waals surface area contributed by atoms with E-state index in [-0.39, 0.29) is 50.3 Å². The molecule has 5 N–H and O–H groups in total. The van der Waals surface area contributed by atoms with Crippen molar-refractivity contribution in [2.45, 2.75) is 57.8 Å². The summed E-state index contributed by atoms with van der Waals surface area (Å²) in [6, 6.07) is 8.92. The van der Waals surface area contributed by atoms with Gasteiger partial charge in [-0.15, -0.1) is 0 Å². The minimum Gasteiger partial charge on any atom is -0.481 e. The first-order valence-corrected chi connectivity index (χ1v) is 14.2. The van der Waals surface area contributed by atoms with Crippen LogP contribution in [-0.2, 0) is 41.7 Å². The number of fused-ring (bicyclic) bond motifs is 1. The molecule has 0 fully saturated rings. The van der Waals surface area contributed by atoms with Gasteiger partial charge < -0.3 is 45.1 Å². The number of aliphatic carboxylic acids is 2. The van der Waals surface area contributed by atoms with Crippen LogP contribution in [0.2, 0.25) is 0 Å². The van der Waals surface area contributed by atoms with Crippen molar-refractivity contribution in [3.05, 3.63) is 36.0 Å². The van der Waals surface area contributed by atoms with Gasteiger partial charge in [-0.25, -0.2) is 4.79 Å². The Morgan fingerprint density at radius 2 is 1.71 bits per heavy atom. The van der Waals surface area contributed by atoms with Crippen LogP contribution in [-0.4, -0.2) is 109 Å². The number of rotatable bonds is 22. The summed E-state index contributed by atoms with van der Waals surface area (Å²) in [7, 11) is 3.33. The number of likely N-dealkylation sites (N-methyl/N-ethyl adjacent to an activating group) is 1. The zero-order valence-electron chi connectivity index (χ0n) is 24.8. The molecule has 234 valence electrons. The molecule has 1 heterocycles. The zero-order chi connectivity index (χ0) is 30.9. The zero-order valence-corrected chi connectivity index (χ0v) is 24.8. The number of nitrogens with zero attached hydrogens (tertiary/aromatic N) is 2. The number of hydrogen-bond acceptors (Lipinski definition) is 8. The fourth-order valence-corrected chi connectivity index (χ4v) is 4.36. The fraction of sp³-hybridized carbons (Fsp3) is 0.586. The summed E-state index contributed by atoms with van der Waals surface area (Å²) in [6.07, 6.45) is 0.600. The Labute approximate surface area is 246 Å². The second kappa shape index (κ2) is 18.8. The number of carbonyl (C=O) groups excluding carboxylic acids is 2. The molecule has 2 aromatic rings. The largest absolute Gasteiger partial charge is 0.481 e. The molecule has 1 aromatic carbocycles. The lowest BCUT2D eigenvalue weighted by Crippen LogP contribution is -2.43. The molecule has 0 aliphatic rings. The lowest BCUT2D eigenvalue weighted by molar-refractivity contribution is -0.148. The van der Waals surface area contributed by atoms with E-state index in [4.69, 9.17) is 19.7 Å². The predicted molar refractivity (Wildman–Crippen MR) is 157 cm³/mol. The van der Waals surface area contributed by atoms with Crippen molar-refractivity contribution in [3.63, 3.8) is 0 Å². The van der Waals surface area contributed by atoms with Crippen molar-refractivity contribution in [2.24, 2.45) is 0 Å². The Hall–Kier alpha value is -3.52. The van der Waals surface area contributed by atoms with Gasteiger partial charge in [0.1, 0.15) is 6.04 Å². The van der Waals surface area contributed by atoms with Crippen LogP contribution in [0, 0.1) is 0 Å². The maximum absolute atomic E-state index is 12.8. The Morgan fingerprint density at radius 3 is 2.40 bits per heavy atom. The summed E-state index contributed by atoms with van der Waals surface area (Å²) in [4.78, 5) is 48.0. The van der Waals surface area contributed by atoms with Crippen LogP contribution < -0.4 is 16.0 Å². The van der Waals surface area contributed by atoms with Gasteiger partial charge in [0, 0.05) is 63.3 Å². The van der Waals surface area contributed by atoms with E-state index in [2.05, 4.69) is 26.6 Å². The van der Waals surface area contributed by atoms with E-state index in [9.17, 15) is 19.2 Å². The smallest absolute Gasteiger partial charge is 0.326 e. The minimum absolute atomic E-state index is 0.0530. The number of carbonyl (C=O) groups is 4. The molecule has 0 radical (unpaired) electrons. The van der Waals surface area contributed by atoms with Crippen LogP contribution >= 0.6 is 0 Å². The van der Waals surface area contributed by atoms with E-state index >= 15 is 0 Å². The number of hydrogen-bond donors (Lipinski definition) is 5. The lowest BCUT2D eigenvalue weighted by atomic mass is 10.1. The summed E-state index contributed by atoms with van der Waals surface area (Å²) in [5, 5.41) is 28.5. The lowest BCUT2D eigenvalue weighted by Gasteiger charge is -2.21. The molecule has 2 rings (SSSR count). The van der Waals surface area contributed by atoms with E-state index in [0.717, 1.165) is 16.6 Å². The van der Waals surface area contributed by atoms with Gasteiger partial charge in [0.25, 0.3) is 0 Å². The second-order valence-corrected chi connectivity index (χ2v) is 10.0. The van der Waals surface area contributed by atoms with Crippen LogP contribution in [0.15, 0.2) is 30.3 Å². The van der Waals surface area contributed by atoms with Gasteiger partial charge >= 0.3 is 11.9 Å². The first kappa shape index (κ1) is 34.7. The average molecular weight is 592 g/mol. The van der Waals surface area contributed by atoms with Crippen LogP contribution in [0.5, 0.6) is 0 Å². The molecule has 0 aliphatic carbocycles. The molecule has 2 unspecified atom stereocenters. The molecule has 0 saturated heterocycles. The molecule has 0 aliphatic heterocycles. The van der Waals surface area contributed by atoms with Crippen LogP contribution in [0.4, 0.5) is 0 Å². The van der Waals surface area contributed by atoms with Crippen molar-refractivity contribution in [1.82, 2.24) is 25.4 Å². The third-order valence-electron chi connectivity index (χ3n) is 6.87.